The number of carbonyl (C=O) groups excluding carboxylic acids is 8. The molecular formula is C53H68F3N7O14. The third-order valence-corrected chi connectivity index (χ3v) is 12.1. The number of hydrogen-bond acceptors (Lipinski definition) is 11. The van der Waals surface area contributed by atoms with E-state index >= 15 is 0 Å². The molecule has 10 N–H and O–H groups in total. The number of carboxylic acids is 3. The van der Waals surface area contributed by atoms with Crippen molar-refractivity contribution in [2.24, 2.45) is 11.3 Å². The van der Waals surface area contributed by atoms with Crippen molar-refractivity contribution >= 4 is 75.8 Å². The van der Waals surface area contributed by atoms with Gasteiger partial charge in [0, 0.05) is 19.3 Å². The van der Waals surface area contributed by atoms with E-state index in [0.717, 1.165) is 10.8 Å². The number of rotatable bonds is 29. The van der Waals surface area contributed by atoms with Crippen LogP contribution in [0, 0.1) is 18.3 Å². The lowest BCUT2D eigenvalue weighted by atomic mass is 9.85. The number of Topliss-reactive ketones (excluding diaryl/α,β-unsaturated/α-hetero) is 1. The van der Waals surface area contributed by atoms with Crippen LogP contribution in [0.3, 0.4) is 0 Å². The summed E-state index contributed by atoms with van der Waals surface area (Å²) in [6.45, 7) is 11.2. The summed E-state index contributed by atoms with van der Waals surface area (Å²) in [6, 6.07) is 7.42. The van der Waals surface area contributed by atoms with Crippen LogP contribution in [-0.4, -0.2) is 123 Å². The Bertz CT molecular complexity index is 2660. The van der Waals surface area contributed by atoms with Crippen LogP contribution in [0.2, 0.25) is 0 Å². The molecule has 0 saturated heterocycles. The minimum absolute atomic E-state index is 0.212. The lowest BCUT2D eigenvalue weighted by Gasteiger charge is -2.34. The number of aliphatic carboxylic acids is 3. The quantitative estimate of drug-likeness (QED) is 0.0444. The number of alkyl halides is 3. The second-order valence-corrected chi connectivity index (χ2v) is 20.1. The SMILES string of the molecule is CCC(NC(=O)C(=O)C(CC(F)(F)F)NC(=O)[C@H](CC(C)C)NC(=O)[C@@H](NC(=O)[C@H](Cc1ccccc1C)NC(=O)[C@H](CCC(=O)O)NC(=O)[C@H](CC(=O)O)NC(=O)CCC(=O)O)C(C)(C)C)c1ccc2ccccc2c1. The molecule has 24 heteroatoms. The highest BCUT2D eigenvalue weighted by atomic mass is 19.4. The number of fused-ring (bicyclic) bond motifs is 1. The van der Waals surface area contributed by atoms with E-state index in [1.807, 2.05) is 23.5 Å². The Hall–Kier alpha value is -7.92. The molecule has 0 radical (unpaired) electrons. The van der Waals surface area contributed by atoms with E-state index in [-0.39, 0.29) is 19.3 Å². The lowest BCUT2D eigenvalue weighted by molar-refractivity contribution is -0.154. The van der Waals surface area contributed by atoms with Gasteiger partial charge in [-0.15, -0.1) is 0 Å². The molecule has 0 heterocycles. The molecule has 3 aromatic rings. The van der Waals surface area contributed by atoms with Crippen LogP contribution in [0.5, 0.6) is 0 Å². The molecule has 0 aliphatic carbocycles. The van der Waals surface area contributed by atoms with Crippen molar-refractivity contribution in [1.29, 1.82) is 0 Å². The zero-order valence-corrected chi connectivity index (χ0v) is 43.8. The van der Waals surface area contributed by atoms with Gasteiger partial charge >= 0.3 is 24.1 Å². The third kappa shape index (κ3) is 21.3. The normalized spacial score (nSPS) is 14.3. The minimum atomic E-state index is -5.06. The van der Waals surface area contributed by atoms with Gasteiger partial charge in [-0.1, -0.05) is 102 Å². The molecule has 77 heavy (non-hydrogen) atoms. The van der Waals surface area contributed by atoms with Gasteiger partial charge in [-0.05, 0) is 71.0 Å². The maximum absolute atomic E-state index is 14.5. The van der Waals surface area contributed by atoms with Gasteiger partial charge in [0.15, 0.2) is 0 Å². The Morgan fingerprint density at radius 3 is 1.69 bits per heavy atom. The van der Waals surface area contributed by atoms with Gasteiger partial charge in [-0.2, -0.15) is 13.2 Å². The molecule has 7 amide bonds. The fourth-order valence-corrected chi connectivity index (χ4v) is 8.04. The van der Waals surface area contributed by atoms with E-state index in [1.165, 1.54) is 20.8 Å². The summed E-state index contributed by atoms with van der Waals surface area (Å²) in [6.07, 6.45) is -11.0. The summed E-state index contributed by atoms with van der Waals surface area (Å²) in [5.41, 5.74) is 0.468. The summed E-state index contributed by atoms with van der Waals surface area (Å²) >= 11 is 0. The molecule has 0 spiro atoms. The molecule has 420 valence electrons. The summed E-state index contributed by atoms with van der Waals surface area (Å²) in [4.78, 5) is 144. The van der Waals surface area contributed by atoms with Gasteiger partial charge in [0.1, 0.15) is 36.3 Å². The molecule has 0 fully saturated rings. The van der Waals surface area contributed by atoms with Crippen LogP contribution < -0.4 is 37.2 Å². The van der Waals surface area contributed by atoms with Gasteiger partial charge in [0.05, 0.1) is 25.3 Å². The number of carbonyl (C=O) groups is 11. The van der Waals surface area contributed by atoms with Crippen molar-refractivity contribution in [2.45, 2.75) is 155 Å². The summed E-state index contributed by atoms with van der Waals surface area (Å²) in [5.74, 6) is -14.6. The molecule has 0 aliphatic rings. The van der Waals surface area contributed by atoms with Gasteiger partial charge in [0.2, 0.25) is 41.2 Å². The number of carboxylic acid groups (broad SMARTS) is 3. The summed E-state index contributed by atoms with van der Waals surface area (Å²) < 4.78 is 42.2. The van der Waals surface area contributed by atoms with Gasteiger partial charge in [0.25, 0.3) is 5.91 Å². The predicted octanol–water partition coefficient (Wildman–Crippen LogP) is 3.69. The van der Waals surface area contributed by atoms with Crippen LogP contribution >= 0.6 is 0 Å². The number of hydrogen-bond donors (Lipinski definition) is 10. The molecule has 0 aliphatic heterocycles. The molecule has 0 aromatic heterocycles. The van der Waals surface area contributed by atoms with Crippen molar-refractivity contribution in [1.82, 2.24) is 37.2 Å². The van der Waals surface area contributed by atoms with Crippen LogP contribution in [0.25, 0.3) is 10.8 Å². The first-order valence-corrected chi connectivity index (χ1v) is 24.8. The van der Waals surface area contributed by atoms with Crippen LogP contribution in [0.15, 0.2) is 66.7 Å². The molecule has 0 bridgehead atoms. The molecule has 7 atom stereocenters. The lowest BCUT2D eigenvalue weighted by Crippen LogP contribution is -2.62. The monoisotopic (exact) mass is 1080 g/mol. The fraction of sp³-hybridized carbons (Fsp3) is 0.491. The van der Waals surface area contributed by atoms with Crippen molar-refractivity contribution in [3.8, 4) is 0 Å². The van der Waals surface area contributed by atoms with E-state index < -0.39 is 163 Å². The first-order chi connectivity index (χ1) is 35.9. The Morgan fingerprint density at radius 1 is 0.571 bits per heavy atom. The zero-order valence-electron chi connectivity index (χ0n) is 43.8. The smallest absolute Gasteiger partial charge is 0.391 e. The number of ketones is 1. The van der Waals surface area contributed by atoms with E-state index in [4.69, 9.17) is 5.11 Å². The first kappa shape index (κ1) is 63.4. The number of nitrogens with one attached hydrogen (secondary N) is 7. The van der Waals surface area contributed by atoms with Crippen LogP contribution in [0.1, 0.15) is 116 Å². The van der Waals surface area contributed by atoms with Gasteiger partial charge in [-0.3, -0.25) is 52.7 Å². The second kappa shape index (κ2) is 28.8. The largest absolute Gasteiger partial charge is 0.481 e. The average Bonchev–Trinajstić information content (AvgIpc) is 3.33. The van der Waals surface area contributed by atoms with Gasteiger partial charge < -0.3 is 52.5 Å². The van der Waals surface area contributed by atoms with Crippen LogP contribution in [0.4, 0.5) is 13.2 Å². The third-order valence-electron chi connectivity index (χ3n) is 12.1. The Kier molecular flexibility index (Phi) is 23.7. The molecule has 3 rings (SSSR count). The number of aryl methyl sites for hydroxylation is 1. The highest BCUT2D eigenvalue weighted by Gasteiger charge is 2.42. The Labute approximate surface area is 442 Å². The maximum Gasteiger partial charge on any atom is 0.391 e. The number of amides is 7. The first-order valence-electron chi connectivity index (χ1n) is 24.8. The number of benzene rings is 3. The topological polar surface area (TPSA) is 333 Å². The van der Waals surface area contributed by atoms with Crippen molar-refractivity contribution in [3.05, 3.63) is 83.4 Å². The van der Waals surface area contributed by atoms with Crippen molar-refractivity contribution < 1.29 is 81.2 Å². The highest BCUT2D eigenvalue weighted by Crippen LogP contribution is 2.26. The van der Waals surface area contributed by atoms with Crippen LogP contribution in [-0.2, 0) is 59.2 Å². The van der Waals surface area contributed by atoms with Gasteiger partial charge in [-0.25, -0.2) is 0 Å². The average molecular weight is 1080 g/mol. The van der Waals surface area contributed by atoms with Crippen molar-refractivity contribution in [3.63, 3.8) is 0 Å². The maximum atomic E-state index is 14.5. The molecule has 2 unspecified atom stereocenters. The highest BCUT2D eigenvalue weighted by molar-refractivity contribution is 6.38. The number of halogens is 3. The molecule has 3 aromatic carbocycles. The minimum Gasteiger partial charge on any atom is -0.481 e. The standard InChI is InChI=1S/C53H68F3N7O14/c1-8-34(33-18-17-30-14-11-12-16-32(30)24-33)58-50(76)44(71)39(27-53(54,55)56)62-47(73)36(23-28(2)3)61-51(77)45(52(5,6)7)63-49(75)37(25-31-15-10-9-13-29(31)4)60-46(72)35(19-21-41(65)66)59-48(74)38(26-43(69)70)57-40(64)20-22-42(67)68/h9-18,24,28,34-39,45H,8,19-23,25-27H2,1-7H3,(H,57,64)(H,58,76)(H,59,74)(H,60,72)(H,61,77)(H,62,73)(H,63,75)(H,65,66)(H,67,68)(H,69,70)/t34?,35-,36-,37-,38-,39?,45+/m0/s1. The molecule has 21 nitrogen and oxygen atoms in total. The summed E-state index contributed by atoms with van der Waals surface area (Å²) in [7, 11) is 0. The molecule has 0 saturated carbocycles. The van der Waals surface area contributed by atoms with Crippen molar-refractivity contribution in [2.75, 3.05) is 0 Å². The fourth-order valence-electron chi connectivity index (χ4n) is 8.04. The Balaban J connectivity index is 1.94. The van der Waals surface area contributed by atoms with E-state index in [2.05, 4.69) is 31.9 Å². The predicted molar refractivity (Wildman–Crippen MR) is 272 cm³/mol. The second-order valence-electron chi connectivity index (χ2n) is 20.1. The summed E-state index contributed by atoms with van der Waals surface area (Å²) in [5, 5.41) is 45.9. The Morgan fingerprint density at radius 2 is 1.12 bits per heavy atom. The molecular weight excluding hydrogens is 1020 g/mol. The van der Waals surface area contributed by atoms with E-state index in [0.29, 0.717) is 16.7 Å². The van der Waals surface area contributed by atoms with E-state index in [1.54, 1.807) is 76.2 Å². The van der Waals surface area contributed by atoms with E-state index in [9.17, 15) is 76.1 Å². The zero-order chi connectivity index (χ0) is 57.9.